The summed E-state index contributed by atoms with van der Waals surface area (Å²) in [5, 5.41) is 0. The van der Waals surface area contributed by atoms with Gasteiger partial charge in [-0.05, 0) is 0 Å². The highest BCUT2D eigenvalue weighted by Crippen LogP contribution is 2.33. The van der Waals surface area contributed by atoms with Gasteiger partial charge in [0.1, 0.15) is 0 Å². The van der Waals surface area contributed by atoms with E-state index in [-0.39, 0.29) is 12.6 Å². The van der Waals surface area contributed by atoms with Gasteiger partial charge in [-0.3, -0.25) is 0 Å². The predicted octanol–water partition coefficient (Wildman–Crippen LogP) is 1.57. The molecule has 11 heavy (non-hydrogen) atoms. The summed E-state index contributed by atoms with van der Waals surface area (Å²) < 4.78 is 16.4. The quantitative estimate of drug-likeness (QED) is 0.535. The van der Waals surface area contributed by atoms with Crippen LogP contribution in [0.3, 0.4) is 0 Å². The molecule has 0 bridgehead atoms. The van der Waals surface area contributed by atoms with Crippen LogP contribution in [0, 0.1) is 0 Å². The lowest BCUT2D eigenvalue weighted by Gasteiger charge is -2.10. The first-order chi connectivity index (χ1) is 5.20. The molecule has 4 atom stereocenters. The van der Waals surface area contributed by atoms with Crippen LogP contribution < -0.4 is 0 Å². The zero-order chi connectivity index (χ0) is 8.43. The molecule has 3 nitrogen and oxygen atoms in total. The molecule has 0 saturated carbocycles. The number of hydrogen-bond donors (Lipinski definition) is 0. The highest BCUT2D eigenvalue weighted by molar-refractivity contribution is 14.1. The van der Waals surface area contributed by atoms with E-state index < -0.39 is 0 Å². The molecule has 0 N–H and O–H groups in total. The summed E-state index contributed by atoms with van der Waals surface area (Å²) >= 11 is 4.64. The molecule has 1 fully saturated rings. The van der Waals surface area contributed by atoms with Crippen LogP contribution in [0.25, 0.3) is 0 Å². The lowest BCUT2D eigenvalue weighted by atomic mass is 10.3. The molecular formula is C6H10I2O3. The molecule has 1 saturated heterocycles. The van der Waals surface area contributed by atoms with Crippen molar-refractivity contribution >= 4 is 45.2 Å². The van der Waals surface area contributed by atoms with Gasteiger partial charge in [0.05, 0.1) is 7.85 Å². The second-order valence-corrected chi connectivity index (χ2v) is 5.11. The number of hydrogen-bond acceptors (Lipinski definition) is 3. The van der Waals surface area contributed by atoms with Gasteiger partial charge < -0.3 is 14.2 Å². The van der Waals surface area contributed by atoms with E-state index in [0.717, 1.165) is 0 Å². The fourth-order valence-electron chi connectivity index (χ4n) is 0.954. The van der Waals surface area contributed by atoms with E-state index in [0.29, 0.717) is 7.85 Å². The van der Waals surface area contributed by atoms with Crippen molar-refractivity contribution in [2.24, 2.45) is 0 Å². The number of ether oxygens (including phenoxy) is 3. The SMILES string of the molecule is COC1OC(OC)C(I)C1I. The van der Waals surface area contributed by atoms with Crippen LogP contribution in [0.15, 0.2) is 0 Å². The summed E-state index contributed by atoms with van der Waals surface area (Å²) in [7, 11) is 3.30. The Morgan fingerprint density at radius 1 is 1.00 bits per heavy atom. The van der Waals surface area contributed by atoms with Crippen molar-refractivity contribution < 1.29 is 14.2 Å². The minimum Gasteiger partial charge on any atom is -0.355 e. The molecule has 0 spiro atoms. The average Bonchev–Trinajstić information content (AvgIpc) is 2.30. The van der Waals surface area contributed by atoms with Crippen molar-refractivity contribution in [1.29, 1.82) is 0 Å². The molecule has 1 heterocycles. The Morgan fingerprint density at radius 3 is 1.55 bits per heavy atom. The topological polar surface area (TPSA) is 27.7 Å². The normalized spacial score (nSPS) is 44.7. The van der Waals surface area contributed by atoms with Crippen molar-refractivity contribution in [3.8, 4) is 0 Å². The molecule has 1 aliphatic rings. The Hall–Kier alpha value is 1.34. The van der Waals surface area contributed by atoms with E-state index >= 15 is 0 Å². The van der Waals surface area contributed by atoms with Crippen LogP contribution in [0.5, 0.6) is 0 Å². The highest BCUT2D eigenvalue weighted by atomic mass is 127. The van der Waals surface area contributed by atoms with E-state index in [4.69, 9.17) is 14.2 Å². The van der Waals surface area contributed by atoms with Gasteiger partial charge in [-0.25, -0.2) is 0 Å². The standard InChI is InChI=1S/C6H10I2O3/c1-9-5-3(7)4(8)6(10-2)11-5/h3-6H,1-2H3. The Kier molecular flexibility index (Phi) is 4.30. The maximum atomic E-state index is 5.42. The van der Waals surface area contributed by atoms with Crippen LogP contribution in [0.4, 0.5) is 0 Å². The Balaban J connectivity index is 2.53. The number of methoxy groups -OCH3 is 2. The largest absolute Gasteiger partial charge is 0.355 e. The van der Waals surface area contributed by atoms with E-state index in [1.165, 1.54) is 0 Å². The summed E-state index contributed by atoms with van der Waals surface area (Å²) in [6, 6.07) is 0. The van der Waals surface area contributed by atoms with Crippen molar-refractivity contribution in [3.63, 3.8) is 0 Å². The zero-order valence-electron chi connectivity index (χ0n) is 6.29. The minimum absolute atomic E-state index is 0.123. The maximum absolute atomic E-state index is 5.42. The Bertz CT molecular complexity index is 115. The molecule has 0 aromatic heterocycles. The lowest BCUT2D eigenvalue weighted by molar-refractivity contribution is -0.182. The van der Waals surface area contributed by atoms with Crippen molar-refractivity contribution in [3.05, 3.63) is 0 Å². The number of alkyl halides is 2. The smallest absolute Gasteiger partial charge is 0.173 e. The number of rotatable bonds is 2. The van der Waals surface area contributed by atoms with Gasteiger partial charge in [0.2, 0.25) is 0 Å². The van der Waals surface area contributed by atoms with E-state index in [9.17, 15) is 0 Å². The molecule has 1 rings (SSSR count). The van der Waals surface area contributed by atoms with Gasteiger partial charge in [0.25, 0.3) is 0 Å². The van der Waals surface area contributed by atoms with Gasteiger partial charge in [-0.15, -0.1) is 0 Å². The van der Waals surface area contributed by atoms with Crippen LogP contribution in [0.1, 0.15) is 0 Å². The van der Waals surface area contributed by atoms with Gasteiger partial charge >= 0.3 is 0 Å². The third-order valence-electron chi connectivity index (χ3n) is 1.56. The third-order valence-corrected chi connectivity index (χ3v) is 5.66. The average molecular weight is 384 g/mol. The third kappa shape index (κ3) is 2.17. The van der Waals surface area contributed by atoms with Crippen molar-refractivity contribution in [2.75, 3.05) is 14.2 Å². The Labute approximate surface area is 93.4 Å². The summed E-state index contributed by atoms with van der Waals surface area (Å²) in [5.74, 6) is 0. The van der Waals surface area contributed by atoms with Crippen LogP contribution in [-0.4, -0.2) is 34.6 Å². The zero-order valence-corrected chi connectivity index (χ0v) is 10.6. The van der Waals surface area contributed by atoms with Crippen molar-refractivity contribution in [1.82, 2.24) is 0 Å². The van der Waals surface area contributed by atoms with Gasteiger partial charge in [-0.2, -0.15) is 0 Å². The van der Waals surface area contributed by atoms with Crippen LogP contribution in [-0.2, 0) is 14.2 Å². The van der Waals surface area contributed by atoms with Crippen LogP contribution >= 0.6 is 45.2 Å². The fourth-order valence-corrected chi connectivity index (χ4v) is 2.56. The van der Waals surface area contributed by atoms with E-state index in [1.807, 2.05) is 0 Å². The second-order valence-electron chi connectivity index (χ2n) is 2.23. The monoisotopic (exact) mass is 384 g/mol. The van der Waals surface area contributed by atoms with Crippen molar-refractivity contribution in [2.45, 2.75) is 20.4 Å². The summed E-state index contributed by atoms with van der Waals surface area (Å²) in [6.45, 7) is 0. The molecule has 0 aliphatic carbocycles. The highest BCUT2D eigenvalue weighted by Gasteiger charge is 2.41. The summed E-state index contributed by atoms with van der Waals surface area (Å²) in [5.41, 5.74) is 0. The first-order valence-electron chi connectivity index (χ1n) is 3.20. The number of halogens is 2. The first-order valence-corrected chi connectivity index (χ1v) is 5.69. The minimum atomic E-state index is -0.123. The van der Waals surface area contributed by atoms with Gasteiger partial charge in [0, 0.05) is 14.2 Å². The van der Waals surface area contributed by atoms with Crippen LogP contribution in [0.2, 0.25) is 0 Å². The van der Waals surface area contributed by atoms with E-state index in [1.54, 1.807) is 14.2 Å². The maximum Gasteiger partial charge on any atom is 0.173 e. The van der Waals surface area contributed by atoms with Gasteiger partial charge in [0.15, 0.2) is 12.6 Å². The Morgan fingerprint density at radius 2 is 1.36 bits per heavy atom. The molecular weight excluding hydrogens is 374 g/mol. The predicted molar refractivity (Wildman–Crippen MR) is 58.3 cm³/mol. The summed E-state index contributed by atoms with van der Waals surface area (Å²) in [6.07, 6.45) is -0.245. The molecule has 0 aromatic rings. The molecule has 5 heteroatoms. The molecule has 0 radical (unpaired) electrons. The summed E-state index contributed by atoms with van der Waals surface area (Å²) in [4.78, 5) is 0. The molecule has 66 valence electrons. The molecule has 0 aromatic carbocycles. The molecule has 1 aliphatic heterocycles. The van der Waals surface area contributed by atoms with Gasteiger partial charge in [-0.1, -0.05) is 45.2 Å². The molecule has 4 unspecified atom stereocenters. The second kappa shape index (κ2) is 4.54. The van der Waals surface area contributed by atoms with E-state index in [2.05, 4.69) is 45.2 Å². The molecule has 0 amide bonds. The fraction of sp³-hybridized carbons (Fsp3) is 1.00. The lowest BCUT2D eigenvalue weighted by Crippen LogP contribution is -2.23. The first kappa shape index (κ1) is 10.4.